The van der Waals surface area contributed by atoms with E-state index in [0.717, 1.165) is 51.1 Å². The first kappa shape index (κ1) is 19.7. The molecular formula is C27H26N6O. The minimum atomic E-state index is -0.119. The molecule has 7 heteroatoms. The number of aromatic nitrogens is 6. The van der Waals surface area contributed by atoms with Gasteiger partial charge in [0, 0.05) is 54.2 Å². The highest BCUT2D eigenvalue weighted by molar-refractivity contribution is 5.92. The van der Waals surface area contributed by atoms with Crippen LogP contribution in [0.5, 0.6) is 0 Å². The van der Waals surface area contributed by atoms with E-state index in [-0.39, 0.29) is 5.56 Å². The van der Waals surface area contributed by atoms with Crippen molar-refractivity contribution in [1.29, 1.82) is 0 Å². The zero-order chi connectivity index (χ0) is 23.0. The molecule has 0 aliphatic heterocycles. The van der Waals surface area contributed by atoms with E-state index in [4.69, 9.17) is 10.1 Å². The maximum Gasteiger partial charge on any atom is 0.281 e. The van der Waals surface area contributed by atoms with Crippen molar-refractivity contribution in [2.45, 2.75) is 45.1 Å². The molecule has 7 nitrogen and oxygen atoms in total. The first-order chi connectivity index (χ1) is 16.5. The molecule has 2 fully saturated rings. The molecule has 0 atom stereocenters. The first-order valence-electron chi connectivity index (χ1n) is 12.1. The van der Waals surface area contributed by atoms with Crippen LogP contribution in [0.3, 0.4) is 0 Å². The lowest BCUT2D eigenvalue weighted by atomic mass is 10.1. The average Bonchev–Trinajstić information content (AvgIpc) is 3.75. The Morgan fingerprint density at radius 3 is 2.59 bits per heavy atom. The summed E-state index contributed by atoms with van der Waals surface area (Å²) in [5, 5.41) is 10.3. The predicted molar refractivity (Wildman–Crippen MR) is 132 cm³/mol. The maximum atomic E-state index is 14.1. The van der Waals surface area contributed by atoms with Crippen LogP contribution in [0.4, 0.5) is 0 Å². The molecule has 2 aliphatic carbocycles. The second kappa shape index (κ2) is 7.13. The predicted octanol–water partition coefficient (Wildman–Crippen LogP) is 4.73. The van der Waals surface area contributed by atoms with Gasteiger partial charge in [0.05, 0.1) is 22.3 Å². The standard InChI is InChI=1S/C27H26N6O/c1-16-11-24-26(32(16)14-17-3-4-17)25(19-7-9-22(28-13-19)18-5-6-18)27(34)33(30-24)21-8-10-23-20(12-21)15-31(2)29-23/h7-13,15,17-18H,3-6,14H2,1-2H3. The number of aryl methyl sites for hydroxylation is 2. The van der Waals surface area contributed by atoms with Crippen LogP contribution in [0.15, 0.2) is 53.6 Å². The number of hydrogen-bond acceptors (Lipinski definition) is 4. The van der Waals surface area contributed by atoms with Crippen LogP contribution < -0.4 is 5.56 Å². The largest absolute Gasteiger partial charge is 0.343 e. The molecule has 0 spiro atoms. The third kappa shape index (κ3) is 3.18. The lowest BCUT2D eigenvalue weighted by Crippen LogP contribution is -2.24. The summed E-state index contributed by atoms with van der Waals surface area (Å²) in [6, 6.07) is 12.1. The lowest BCUT2D eigenvalue weighted by molar-refractivity contribution is 0.633. The van der Waals surface area contributed by atoms with Crippen LogP contribution in [0.2, 0.25) is 0 Å². The molecule has 0 unspecified atom stereocenters. The molecule has 0 radical (unpaired) electrons. The van der Waals surface area contributed by atoms with Crippen molar-refractivity contribution in [2.24, 2.45) is 13.0 Å². The summed E-state index contributed by atoms with van der Waals surface area (Å²) in [6.07, 6.45) is 8.75. The molecule has 0 N–H and O–H groups in total. The highest BCUT2D eigenvalue weighted by atomic mass is 16.1. The molecule has 0 bridgehead atoms. The van der Waals surface area contributed by atoms with Gasteiger partial charge in [0.2, 0.25) is 0 Å². The zero-order valence-corrected chi connectivity index (χ0v) is 19.4. The number of hydrogen-bond donors (Lipinski definition) is 0. The molecule has 4 aromatic heterocycles. The molecule has 0 amide bonds. The Hall–Kier alpha value is -3.74. The molecular weight excluding hydrogens is 424 g/mol. The van der Waals surface area contributed by atoms with Gasteiger partial charge in [-0.2, -0.15) is 14.9 Å². The fourth-order valence-electron chi connectivity index (χ4n) is 5.03. The fraction of sp³-hybridized carbons (Fsp3) is 0.333. The third-order valence-corrected chi connectivity index (χ3v) is 7.19. The Kier molecular flexibility index (Phi) is 4.13. The molecule has 2 aliphatic rings. The number of benzene rings is 1. The summed E-state index contributed by atoms with van der Waals surface area (Å²) in [4.78, 5) is 18.8. The highest BCUT2D eigenvalue weighted by Crippen LogP contribution is 2.39. The highest BCUT2D eigenvalue weighted by Gasteiger charge is 2.27. The molecule has 0 saturated heterocycles. The van der Waals surface area contributed by atoms with E-state index < -0.39 is 0 Å². The van der Waals surface area contributed by atoms with Gasteiger partial charge < -0.3 is 4.57 Å². The maximum absolute atomic E-state index is 14.1. The van der Waals surface area contributed by atoms with Gasteiger partial charge in [-0.1, -0.05) is 6.07 Å². The molecule has 170 valence electrons. The average molecular weight is 451 g/mol. The number of fused-ring (bicyclic) bond motifs is 2. The Balaban J connectivity index is 1.48. The van der Waals surface area contributed by atoms with Crippen LogP contribution >= 0.6 is 0 Å². The van der Waals surface area contributed by atoms with Crippen molar-refractivity contribution in [3.63, 3.8) is 0 Å². The Labute approximate surface area is 196 Å². The van der Waals surface area contributed by atoms with Crippen molar-refractivity contribution in [3.05, 3.63) is 70.5 Å². The van der Waals surface area contributed by atoms with E-state index >= 15 is 0 Å². The zero-order valence-electron chi connectivity index (χ0n) is 19.4. The summed E-state index contributed by atoms with van der Waals surface area (Å²) >= 11 is 0. The van der Waals surface area contributed by atoms with Crippen LogP contribution in [0.25, 0.3) is 38.8 Å². The summed E-state index contributed by atoms with van der Waals surface area (Å²) in [7, 11) is 1.90. The van der Waals surface area contributed by atoms with Crippen LogP contribution in [-0.4, -0.2) is 29.1 Å². The van der Waals surface area contributed by atoms with E-state index in [1.165, 1.54) is 25.7 Å². The van der Waals surface area contributed by atoms with E-state index in [1.54, 1.807) is 9.36 Å². The Morgan fingerprint density at radius 2 is 1.85 bits per heavy atom. The van der Waals surface area contributed by atoms with Gasteiger partial charge in [0.15, 0.2) is 0 Å². The molecule has 5 aromatic rings. The van der Waals surface area contributed by atoms with Crippen molar-refractivity contribution in [1.82, 2.24) is 29.1 Å². The molecule has 34 heavy (non-hydrogen) atoms. The number of nitrogens with zero attached hydrogens (tertiary/aromatic N) is 6. The van der Waals surface area contributed by atoms with Crippen LogP contribution in [0, 0.1) is 12.8 Å². The SMILES string of the molecule is Cc1cc2nn(-c3ccc4nn(C)cc4c3)c(=O)c(-c3ccc(C4CC4)nc3)c2n1CC1CC1. The smallest absolute Gasteiger partial charge is 0.281 e. The van der Waals surface area contributed by atoms with Crippen molar-refractivity contribution in [2.75, 3.05) is 0 Å². The van der Waals surface area contributed by atoms with E-state index in [1.807, 2.05) is 37.6 Å². The Bertz CT molecular complexity index is 1630. The third-order valence-electron chi connectivity index (χ3n) is 7.19. The summed E-state index contributed by atoms with van der Waals surface area (Å²) in [6.45, 7) is 3.04. The Morgan fingerprint density at radius 1 is 1.00 bits per heavy atom. The van der Waals surface area contributed by atoms with Crippen LogP contribution in [-0.2, 0) is 13.6 Å². The van der Waals surface area contributed by atoms with Crippen LogP contribution in [0.1, 0.15) is 43.0 Å². The number of pyridine rings is 1. The summed E-state index contributed by atoms with van der Waals surface area (Å²) in [5.74, 6) is 1.27. The lowest BCUT2D eigenvalue weighted by Gasteiger charge is -2.13. The summed E-state index contributed by atoms with van der Waals surface area (Å²) < 4.78 is 5.62. The van der Waals surface area contributed by atoms with Gasteiger partial charge in [-0.3, -0.25) is 14.5 Å². The molecule has 7 rings (SSSR count). The number of rotatable bonds is 5. The minimum absolute atomic E-state index is 0.119. The van der Waals surface area contributed by atoms with Gasteiger partial charge in [0.25, 0.3) is 5.56 Å². The normalized spacial score (nSPS) is 16.1. The van der Waals surface area contributed by atoms with Crippen molar-refractivity contribution >= 4 is 21.9 Å². The van der Waals surface area contributed by atoms with Gasteiger partial charge in [0.1, 0.15) is 5.52 Å². The topological polar surface area (TPSA) is 70.5 Å². The molecule has 1 aromatic carbocycles. The van der Waals surface area contributed by atoms with E-state index in [2.05, 4.69) is 34.8 Å². The second-order valence-electron chi connectivity index (χ2n) is 9.96. The quantitative estimate of drug-likeness (QED) is 0.388. The van der Waals surface area contributed by atoms with Gasteiger partial charge in [-0.25, -0.2) is 0 Å². The molecule has 2 saturated carbocycles. The monoisotopic (exact) mass is 450 g/mol. The first-order valence-corrected chi connectivity index (χ1v) is 12.1. The van der Waals surface area contributed by atoms with Gasteiger partial charge >= 0.3 is 0 Å². The van der Waals surface area contributed by atoms with Gasteiger partial charge in [-0.05, 0) is 68.9 Å². The minimum Gasteiger partial charge on any atom is -0.343 e. The van der Waals surface area contributed by atoms with Gasteiger partial charge in [-0.15, -0.1) is 0 Å². The van der Waals surface area contributed by atoms with E-state index in [9.17, 15) is 4.79 Å². The molecule has 4 heterocycles. The second-order valence-corrected chi connectivity index (χ2v) is 9.96. The summed E-state index contributed by atoms with van der Waals surface area (Å²) in [5.41, 5.74) is 7.08. The van der Waals surface area contributed by atoms with Crippen molar-refractivity contribution < 1.29 is 0 Å². The van der Waals surface area contributed by atoms with Crippen molar-refractivity contribution in [3.8, 4) is 16.8 Å². The van der Waals surface area contributed by atoms with E-state index in [0.29, 0.717) is 17.4 Å². The fourth-order valence-corrected chi connectivity index (χ4v) is 5.03.